The number of unbranched alkanes of at least 4 members (excludes halogenated alkanes) is 2. The minimum absolute atomic E-state index is 0.0864. The van der Waals surface area contributed by atoms with Crippen LogP contribution in [0.15, 0.2) is 59.2 Å². The van der Waals surface area contributed by atoms with Gasteiger partial charge in [0, 0.05) is 33.9 Å². The van der Waals surface area contributed by atoms with E-state index in [2.05, 4.69) is 57.1 Å². The monoisotopic (exact) mass is 384 g/mol. The SMILES string of the molecule is CCCCCC(=O)Nc1ccc2ccn(-c3cccc(Br)c3)c2c1. The lowest BCUT2D eigenvalue weighted by Crippen LogP contribution is -2.11. The van der Waals surface area contributed by atoms with Crippen LogP contribution in [-0.2, 0) is 4.79 Å². The Hall–Kier alpha value is -2.07. The molecule has 0 unspecified atom stereocenters. The Balaban J connectivity index is 1.85. The Labute approximate surface area is 150 Å². The number of rotatable bonds is 6. The van der Waals surface area contributed by atoms with Crippen LogP contribution in [0.2, 0.25) is 0 Å². The van der Waals surface area contributed by atoms with Gasteiger partial charge in [0.25, 0.3) is 0 Å². The van der Waals surface area contributed by atoms with Gasteiger partial charge in [-0.05, 0) is 42.8 Å². The molecule has 1 aromatic heterocycles. The van der Waals surface area contributed by atoms with E-state index in [1.807, 2.05) is 30.3 Å². The van der Waals surface area contributed by atoms with Gasteiger partial charge in [0.15, 0.2) is 0 Å². The van der Waals surface area contributed by atoms with Crippen molar-refractivity contribution < 1.29 is 4.79 Å². The molecule has 1 N–H and O–H groups in total. The summed E-state index contributed by atoms with van der Waals surface area (Å²) in [7, 11) is 0. The maximum Gasteiger partial charge on any atom is 0.224 e. The Morgan fingerprint density at radius 3 is 2.79 bits per heavy atom. The van der Waals surface area contributed by atoms with Gasteiger partial charge in [-0.15, -0.1) is 0 Å². The molecular formula is C20H21BrN2O. The molecular weight excluding hydrogens is 364 g/mol. The highest BCUT2D eigenvalue weighted by Crippen LogP contribution is 2.25. The zero-order valence-electron chi connectivity index (χ0n) is 13.8. The molecule has 4 heteroatoms. The number of hydrogen-bond acceptors (Lipinski definition) is 1. The van der Waals surface area contributed by atoms with E-state index in [4.69, 9.17) is 0 Å². The Kier molecular flexibility index (Phi) is 5.36. The average Bonchev–Trinajstić information content (AvgIpc) is 2.98. The van der Waals surface area contributed by atoms with Crippen LogP contribution in [0.4, 0.5) is 5.69 Å². The van der Waals surface area contributed by atoms with Crippen LogP contribution in [0.25, 0.3) is 16.6 Å². The summed E-state index contributed by atoms with van der Waals surface area (Å²) in [6.07, 6.45) is 5.80. The van der Waals surface area contributed by atoms with E-state index in [1.165, 1.54) is 0 Å². The summed E-state index contributed by atoms with van der Waals surface area (Å²) >= 11 is 3.52. The van der Waals surface area contributed by atoms with Gasteiger partial charge < -0.3 is 9.88 Å². The number of nitrogens with zero attached hydrogens (tertiary/aromatic N) is 1. The second-order valence-electron chi connectivity index (χ2n) is 5.94. The minimum atomic E-state index is 0.0864. The van der Waals surface area contributed by atoms with E-state index in [9.17, 15) is 4.79 Å². The van der Waals surface area contributed by atoms with Crippen LogP contribution in [0.3, 0.4) is 0 Å². The topological polar surface area (TPSA) is 34.0 Å². The van der Waals surface area contributed by atoms with Gasteiger partial charge in [-0.3, -0.25) is 4.79 Å². The molecule has 3 aromatic rings. The van der Waals surface area contributed by atoms with Gasteiger partial charge in [-0.25, -0.2) is 0 Å². The highest BCUT2D eigenvalue weighted by atomic mass is 79.9. The maximum atomic E-state index is 12.0. The summed E-state index contributed by atoms with van der Waals surface area (Å²) in [5.74, 6) is 0.0864. The van der Waals surface area contributed by atoms with Gasteiger partial charge >= 0.3 is 0 Å². The van der Waals surface area contributed by atoms with E-state index >= 15 is 0 Å². The predicted molar refractivity (Wildman–Crippen MR) is 104 cm³/mol. The van der Waals surface area contributed by atoms with Crippen LogP contribution < -0.4 is 5.32 Å². The number of hydrogen-bond donors (Lipinski definition) is 1. The summed E-state index contributed by atoms with van der Waals surface area (Å²) in [5.41, 5.74) is 3.02. The lowest BCUT2D eigenvalue weighted by Gasteiger charge is -2.09. The fourth-order valence-corrected chi connectivity index (χ4v) is 3.20. The Morgan fingerprint density at radius 1 is 1.12 bits per heavy atom. The normalized spacial score (nSPS) is 10.9. The summed E-state index contributed by atoms with van der Waals surface area (Å²) < 4.78 is 3.18. The fourth-order valence-electron chi connectivity index (χ4n) is 2.82. The highest BCUT2D eigenvalue weighted by Gasteiger charge is 2.07. The minimum Gasteiger partial charge on any atom is -0.326 e. The quantitative estimate of drug-likeness (QED) is 0.526. The summed E-state index contributed by atoms with van der Waals surface area (Å²) in [6.45, 7) is 2.14. The van der Waals surface area contributed by atoms with E-state index in [-0.39, 0.29) is 5.91 Å². The first-order valence-electron chi connectivity index (χ1n) is 8.34. The predicted octanol–water partition coefficient (Wildman–Crippen LogP) is 5.91. The third-order valence-electron chi connectivity index (χ3n) is 4.07. The smallest absolute Gasteiger partial charge is 0.224 e. The third kappa shape index (κ3) is 3.88. The van der Waals surface area contributed by atoms with Gasteiger partial charge in [-0.2, -0.15) is 0 Å². The average molecular weight is 385 g/mol. The Bertz CT molecular complexity index is 854. The molecule has 0 aliphatic carbocycles. The molecule has 1 amide bonds. The number of amides is 1. The molecule has 0 spiro atoms. The molecule has 0 aliphatic heterocycles. The van der Waals surface area contributed by atoms with Crippen molar-refractivity contribution in [2.45, 2.75) is 32.6 Å². The van der Waals surface area contributed by atoms with Crippen LogP contribution in [0.1, 0.15) is 32.6 Å². The van der Waals surface area contributed by atoms with Crippen LogP contribution >= 0.6 is 15.9 Å². The first-order valence-corrected chi connectivity index (χ1v) is 9.13. The van der Waals surface area contributed by atoms with Crippen LogP contribution in [0.5, 0.6) is 0 Å². The van der Waals surface area contributed by atoms with Crippen molar-refractivity contribution in [1.82, 2.24) is 4.57 Å². The summed E-state index contributed by atoms with van der Waals surface area (Å²) in [4.78, 5) is 12.0. The Morgan fingerprint density at radius 2 is 2.00 bits per heavy atom. The molecule has 0 saturated heterocycles. The molecule has 3 nitrogen and oxygen atoms in total. The summed E-state index contributed by atoms with van der Waals surface area (Å²) in [6, 6.07) is 16.3. The van der Waals surface area contributed by atoms with Crippen molar-refractivity contribution in [3.05, 3.63) is 59.2 Å². The van der Waals surface area contributed by atoms with Gasteiger partial charge in [0.1, 0.15) is 0 Å². The van der Waals surface area contributed by atoms with Crippen molar-refractivity contribution in [3.8, 4) is 5.69 Å². The number of aromatic nitrogens is 1. The zero-order chi connectivity index (χ0) is 16.9. The molecule has 0 aliphatic rings. The van der Waals surface area contributed by atoms with Crippen molar-refractivity contribution in [3.63, 3.8) is 0 Å². The number of carbonyl (C=O) groups is 1. The molecule has 3 rings (SSSR count). The number of carbonyl (C=O) groups excluding carboxylic acids is 1. The van der Waals surface area contributed by atoms with E-state index < -0.39 is 0 Å². The van der Waals surface area contributed by atoms with Crippen LogP contribution in [-0.4, -0.2) is 10.5 Å². The van der Waals surface area contributed by atoms with Gasteiger partial charge in [-0.1, -0.05) is 47.8 Å². The maximum absolute atomic E-state index is 12.0. The fraction of sp³-hybridized carbons (Fsp3) is 0.250. The second kappa shape index (κ2) is 7.67. The van der Waals surface area contributed by atoms with E-state index in [1.54, 1.807) is 0 Å². The molecule has 124 valence electrons. The lowest BCUT2D eigenvalue weighted by molar-refractivity contribution is -0.116. The second-order valence-corrected chi connectivity index (χ2v) is 6.86. The van der Waals surface area contributed by atoms with Crippen molar-refractivity contribution in [1.29, 1.82) is 0 Å². The molecule has 2 aromatic carbocycles. The van der Waals surface area contributed by atoms with E-state index in [0.717, 1.165) is 46.0 Å². The number of fused-ring (bicyclic) bond motifs is 1. The van der Waals surface area contributed by atoms with E-state index in [0.29, 0.717) is 6.42 Å². The first-order chi connectivity index (χ1) is 11.7. The third-order valence-corrected chi connectivity index (χ3v) is 4.56. The molecule has 1 heterocycles. The molecule has 24 heavy (non-hydrogen) atoms. The largest absolute Gasteiger partial charge is 0.326 e. The summed E-state index contributed by atoms with van der Waals surface area (Å²) in [5, 5.41) is 4.16. The van der Waals surface area contributed by atoms with Gasteiger partial charge in [0.2, 0.25) is 5.91 Å². The number of benzene rings is 2. The number of nitrogens with one attached hydrogen (secondary N) is 1. The standard InChI is InChI=1S/C20H21BrN2O/c1-2-3-4-8-20(24)22-17-10-9-15-11-12-23(19(15)14-17)18-7-5-6-16(21)13-18/h5-7,9-14H,2-4,8H2,1H3,(H,22,24). The van der Waals surface area contributed by atoms with Crippen molar-refractivity contribution in [2.75, 3.05) is 5.32 Å². The molecule has 0 fully saturated rings. The van der Waals surface area contributed by atoms with Gasteiger partial charge in [0.05, 0.1) is 5.52 Å². The van der Waals surface area contributed by atoms with Crippen molar-refractivity contribution in [2.24, 2.45) is 0 Å². The van der Waals surface area contributed by atoms with Crippen LogP contribution in [0, 0.1) is 0 Å². The molecule has 0 atom stereocenters. The molecule has 0 radical (unpaired) electrons. The highest BCUT2D eigenvalue weighted by molar-refractivity contribution is 9.10. The molecule has 0 bridgehead atoms. The first kappa shape index (κ1) is 16.8. The lowest BCUT2D eigenvalue weighted by atomic mass is 10.2. The van der Waals surface area contributed by atoms with Crippen molar-refractivity contribution >= 4 is 38.4 Å². The number of halogens is 1. The molecule has 0 saturated carbocycles. The number of anilines is 1. The zero-order valence-corrected chi connectivity index (χ0v) is 15.3.